The molecular weight excluding hydrogens is 234 g/mol. The van der Waals surface area contributed by atoms with Crippen LogP contribution in [0.1, 0.15) is 11.3 Å². The molecule has 0 spiro atoms. The molecule has 2 aromatic rings. The molecule has 0 aliphatic carbocycles. The summed E-state index contributed by atoms with van der Waals surface area (Å²) in [4.78, 5) is 10.5. The first-order chi connectivity index (χ1) is 8.61. The van der Waals surface area contributed by atoms with Gasteiger partial charge in [0.2, 0.25) is 0 Å². The van der Waals surface area contributed by atoms with Crippen LogP contribution in [0.3, 0.4) is 0 Å². The van der Waals surface area contributed by atoms with Crippen LogP contribution in [0.15, 0.2) is 30.5 Å². The quantitative estimate of drug-likeness (QED) is 0.613. The van der Waals surface area contributed by atoms with Gasteiger partial charge in [-0.15, -0.1) is 0 Å². The molecule has 1 aromatic carbocycles. The predicted molar refractivity (Wildman–Crippen MR) is 65.7 cm³/mol. The molecular formula is C12H13N3O3. The van der Waals surface area contributed by atoms with Gasteiger partial charge >= 0.3 is 5.69 Å². The number of aromatic nitrogens is 2. The second kappa shape index (κ2) is 4.87. The lowest BCUT2D eigenvalue weighted by atomic mass is 10.2. The minimum absolute atomic E-state index is 0.0280. The van der Waals surface area contributed by atoms with E-state index in [9.17, 15) is 10.1 Å². The Bertz CT molecular complexity index is 578. The van der Waals surface area contributed by atoms with Gasteiger partial charge in [-0.1, -0.05) is 6.07 Å². The number of methoxy groups -OCH3 is 1. The van der Waals surface area contributed by atoms with E-state index in [1.165, 1.54) is 13.2 Å². The molecule has 6 heteroatoms. The van der Waals surface area contributed by atoms with E-state index in [1.807, 2.05) is 13.0 Å². The Kier molecular flexibility index (Phi) is 3.27. The summed E-state index contributed by atoms with van der Waals surface area (Å²) in [5, 5.41) is 15.0. The van der Waals surface area contributed by atoms with Crippen LogP contribution in [0.25, 0.3) is 0 Å². The summed E-state index contributed by atoms with van der Waals surface area (Å²) < 4.78 is 6.74. The molecule has 6 nitrogen and oxygen atoms in total. The average Bonchev–Trinajstić information content (AvgIpc) is 2.75. The standard InChI is InChI=1S/C12H13N3O3/c1-9-5-6-13-14(9)8-10-3-4-12(18-2)11(7-10)15(16)17/h3-7H,8H2,1-2H3. The number of ether oxygens (including phenoxy) is 1. The third kappa shape index (κ3) is 2.32. The van der Waals surface area contributed by atoms with Crippen LogP contribution < -0.4 is 4.74 Å². The second-order valence-electron chi connectivity index (χ2n) is 3.89. The first kappa shape index (κ1) is 12.1. The first-order valence-corrected chi connectivity index (χ1v) is 5.41. The highest BCUT2D eigenvalue weighted by Crippen LogP contribution is 2.27. The third-order valence-corrected chi connectivity index (χ3v) is 2.70. The number of nitrogens with zero attached hydrogens (tertiary/aromatic N) is 3. The van der Waals surface area contributed by atoms with Crippen molar-refractivity contribution in [3.8, 4) is 5.75 Å². The van der Waals surface area contributed by atoms with Crippen molar-refractivity contribution in [1.82, 2.24) is 9.78 Å². The topological polar surface area (TPSA) is 70.2 Å². The van der Waals surface area contributed by atoms with Crippen molar-refractivity contribution in [2.24, 2.45) is 0 Å². The zero-order valence-electron chi connectivity index (χ0n) is 10.2. The van der Waals surface area contributed by atoms with Gasteiger partial charge in [0.25, 0.3) is 0 Å². The maximum atomic E-state index is 10.9. The fraction of sp³-hybridized carbons (Fsp3) is 0.250. The third-order valence-electron chi connectivity index (χ3n) is 2.70. The fourth-order valence-electron chi connectivity index (χ4n) is 1.71. The van der Waals surface area contributed by atoms with Crippen molar-refractivity contribution in [2.75, 3.05) is 7.11 Å². The Balaban J connectivity index is 2.33. The van der Waals surface area contributed by atoms with Gasteiger partial charge in [-0.2, -0.15) is 5.10 Å². The SMILES string of the molecule is COc1ccc(Cn2nccc2C)cc1[N+](=O)[O-]. The molecule has 0 fully saturated rings. The Labute approximate surface area is 104 Å². The van der Waals surface area contributed by atoms with Gasteiger partial charge in [-0.25, -0.2) is 0 Å². The number of nitro benzene ring substituents is 1. The van der Waals surface area contributed by atoms with Crippen molar-refractivity contribution >= 4 is 5.69 Å². The molecule has 0 bridgehead atoms. The summed E-state index contributed by atoms with van der Waals surface area (Å²) in [5.74, 6) is 0.265. The van der Waals surface area contributed by atoms with Crippen LogP contribution in [0.2, 0.25) is 0 Å². The molecule has 94 valence electrons. The second-order valence-corrected chi connectivity index (χ2v) is 3.89. The van der Waals surface area contributed by atoms with E-state index in [0.717, 1.165) is 11.3 Å². The number of hydrogen-bond donors (Lipinski definition) is 0. The number of benzene rings is 1. The number of aryl methyl sites for hydroxylation is 1. The van der Waals surface area contributed by atoms with Gasteiger partial charge in [0.05, 0.1) is 18.6 Å². The summed E-state index contributed by atoms with van der Waals surface area (Å²) in [6.45, 7) is 2.44. The molecule has 0 saturated heterocycles. The average molecular weight is 247 g/mol. The Morgan fingerprint density at radius 3 is 2.78 bits per heavy atom. The van der Waals surface area contributed by atoms with Crippen LogP contribution in [-0.4, -0.2) is 21.8 Å². The maximum absolute atomic E-state index is 10.9. The lowest BCUT2D eigenvalue weighted by molar-refractivity contribution is -0.385. The molecule has 1 aromatic heterocycles. The highest BCUT2D eigenvalue weighted by atomic mass is 16.6. The minimum atomic E-state index is -0.446. The largest absolute Gasteiger partial charge is 0.490 e. The van der Waals surface area contributed by atoms with Gasteiger partial charge in [0, 0.05) is 18.0 Å². The van der Waals surface area contributed by atoms with E-state index in [4.69, 9.17) is 4.74 Å². The van der Waals surface area contributed by atoms with Crippen LogP contribution in [-0.2, 0) is 6.54 Å². The van der Waals surface area contributed by atoms with E-state index in [-0.39, 0.29) is 11.4 Å². The van der Waals surface area contributed by atoms with E-state index in [0.29, 0.717) is 6.54 Å². The van der Waals surface area contributed by atoms with Crippen LogP contribution >= 0.6 is 0 Å². The van der Waals surface area contributed by atoms with Gasteiger partial charge in [0.1, 0.15) is 0 Å². The zero-order chi connectivity index (χ0) is 13.1. The normalized spacial score (nSPS) is 10.3. The Morgan fingerprint density at radius 2 is 2.22 bits per heavy atom. The summed E-state index contributed by atoms with van der Waals surface area (Å²) in [6, 6.07) is 6.80. The van der Waals surface area contributed by atoms with E-state index < -0.39 is 4.92 Å². The zero-order valence-corrected chi connectivity index (χ0v) is 10.2. The molecule has 0 saturated carbocycles. The maximum Gasteiger partial charge on any atom is 0.311 e. The van der Waals surface area contributed by atoms with Crippen LogP contribution in [0.5, 0.6) is 5.75 Å². The molecule has 0 amide bonds. The Morgan fingerprint density at radius 1 is 1.44 bits per heavy atom. The van der Waals surface area contributed by atoms with Crippen LogP contribution in [0, 0.1) is 17.0 Å². The lowest BCUT2D eigenvalue weighted by Gasteiger charge is -2.06. The molecule has 0 atom stereocenters. The number of nitro groups is 1. The van der Waals surface area contributed by atoms with Crippen molar-refractivity contribution in [3.63, 3.8) is 0 Å². The molecule has 0 aliphatic heterocycles. The van der Waals surface area contributed by atoms with Crippen molar-refractivity contribution in [3.05, 3.63) is 51.8 Å². The van der Waals surface area contributed by atoms with Gasteiger partial charge in [0.15, 0.2) is 5.75 Å². The van der Waals surface area contributed by atoms with Crippen LogP contribution in [0.4, 0.5) is 5.69 Å². The van der Waals surface area contributed by atoms with Gasteiger partial charge in [-0.05, 0) is 24.6 Å². The molecule has 0 N–H and O–H groups in total. The molecule has 1 heterocycles. The Hall–Kier alpha value is -2.37. The van der Waals surface area contributed by atoms with E-state index >= 15 is 0 Å². The highest BCUT2D eigenvalue weighted by Gasteiger charge is 2.15. The van der Waals surface area contributed by atoms with Gasteiger partial charge < -0.3 is 4.74 Å². The summed E-state index contributed by atoms with van der Waals surface area (Å²) in [5.41, 5.74) is 1.79. The summed E-state index contributed by atoms with van der Waals surface area (Å²) >= 11 is 0. The van der Waals surface area contributed by atoms with E-state index in [1.54, 1.807) is 23.0 Å². The van der Waals surface area contributed by atoms with Crippen molar-refractivity contribution in [1.29, 1.82) is 0 Å². The first-order valence-electron chi connectivity index (χ1n) is 5.41. The summed E-state index contributed by atoms with van der Waals surface area (Å²) in [7, 11) is 1.42. The molecule has 18 heavy (non-hydrogen) atoms. The van der Waals surface area contributed by atoms with E-state index in [2.05, 4.69) is 5.10 Å². The number of rotatable bonds is 4. The van der Waals surface area contributed by atoms with Gasteiger partial charge in [-0.3, -0.25) is 14.8 Å². The molecule has 0 aliphatic rings. The minimum Gasteiger partial charge on any atom is -0.490 e. The van der Waals surface area contributed by atoms with Crippen molar-refractivity contribution in [2.45, 2.75) is 13.5 Å². The predicted octanol–water partition coefficient (Wildman–Crippen LogP) is 2.16. The molecule has 2 rings (SSSR count). The fourth-order valence-corrected chi connectivity index (χ4v) is 1.71. The number of hydrogen-bond acceptors (Lipinski definition) is 4. The summed E-state index contributed by atoms with van der Waals surface area (Å²) in [6.07, 6.45) is 1.70. The smallest absolute Gasteiger partial charge is 0.311 e. The monoisotopic (exact) mass is 247 g/mol. The molecule has 0 unspecified atom stereocenters. The van der Waals surface area contributed by atoms with Crippen molar-refractivity contribution < 1.29 is 9.66 Å². The molecule has 0 radical (unpaired) electrons. The highest BCUT2D eigenvalue weighted by molar-refractivity contribution is 5.48. The lowest BCUT2D eigenvalue weighted by Crippen LogP contribution is -2.04.